The second-order valence-electron chi connectivity index (χ2n) is 2.39. The normalized spacial score (nSPS) is 11.5. The van der Waals surface area contributed by atoms with Crippen molar-refractivity contribution in [1.29, 1.82) is 0 Å². The SMILES string of the molecule is Cc1ccc(S(=O)(=O)NF)cc1. The van der Waals surface area contributed by atoms with Crippen LogP contribution >= 0.6 is 0 Å². The number of sulfonamides is 1. The van der Waals surface area contributed by atoms with Crippen LogP contribution < -0.4 is 4.94 Å². The fourth-order valence-corrected chi connectivity index (χ4v) is 1.35. The standard InChI is InChI=1S/C7H8FNO2S/c1-6-2-4-7(5-3-6)12(10,11)9-8/h2-5,9H,1H3. The summed E-state index contributed by atoms with van der Waals surface area (Å²) < 4.78 is 33.4. The van der Waals surface area contributed by atoms with E-state index in [1.54, 1.807) is 12.1 Å². The largest absolute Gasteiger partial charge is 0.266 e. The van der Waals surface area contributed by atoms with Crippen LogP contribution in [0.3, 0.4) is 0 Å². The first kappa shape index (κ1) is 9.15. The first-order chi connectivity index (χ1) is 5.56. The van der Waals surface area contributed by atoms with Crippen LogP contribution in [0, 0.1) is 6.92 Å². The van der Waals surface area contributed by atoms with Crippen LogP contribution in [0.15, 0.2) is 29.2 Å². The molecule has 3 nitrogen and oxygen atoms in total. The summed E-state index contributed by atoms with van der Waals surface area (Å²) in [7, 11) is -3.93. The Morgan fingerprint density at radius 1 is 1.25 bits per heavy atom. The molecule has 1 N–H and O–H groups in total. The Kier molecular flexibility index (Phi) is 2.44. The molecule has 0 unspecified atom stereocenters. The van der Waals surface area contributed by atoms with E-state index in [-0.39, 0.29) is 4.90 Å². The molecule has 0 atom stereocenters. The van der Waals surface area contributed by atoms with Gasteiger partial charge >= 0.3 is 0 Å². The van der Waals surface area contributed by atoms with Gasteiger partial charge in [-0.3, -0.25) is 0 Å². The van der Waals surface area contributed by atoms with Crippen LogP contribution in [0.25, 0.3) is 0 Å². The van der Waals surface area contributed by atoms with Gasteiger partial charge in [0.25, 0.3) is 10.0 Å². The number of aryl methyl sites for hydroxylation is 1. The lowest BCUT2D eigenvalue weighted by atomic mass is 10.2. The molecule has 5 heteroatoms. The van der Waals surface area contributed by atoms with Crippen molar-refractivity contribution in [3.05, 3.63) is 29.8 Å². The molecule has 0 aliphatic carbocycles. The van der Waals surface area contributed by atoms with Gasteiger partial charge in [-0.1, -0.05) is 17.7 Å². The van der Waals surface area contributed by atoms with Crippen LogP contribution in [0.1, 0.15) is 5.56 Å². The van der Waals surface area contributed by atoms with E-state index in [0.29, 0.717) is 0 Å². The molecule has 0 radical (unpaired) electrons. The van der Waals surface area contributed by atoms with E-state index in [9.17, 15) is 12.9 Å². The summed E-state index contributed by atoms with van der Waals surface area (Å²) in [5.41, 5.74) is 0.924. The highest BCUT2D eigenvalue weighted by Gasteiger charge is 2.11. The molecule has 0 spiro atoms. The molecule has 0 saturated heterocycles. The number of hydrogen-bond acceptors (Lipinski definition) is 2. The van der Waals surface area contributed by atoms with E-state index < -0.39 is 10.0 Å². The van der Waals surface area contributed by atoms with E-state index >= 15 is 0 Å². The Morgan fingerprint density at radius 3 is 2.17 bits per heavy atom. The molecule has 0 aliphatic rings. The lowest BCUT2D eigenvalue weighted by molar-refractivity contribution is 0.425. The second kappa shape index (κ2) is 3.20. The maximum absolute atomic E-state index is 11.7. The predicted molar refractivity (Wildman–Crippen MR) is 42.6 cm³/mol. The molecule has 0 aromatic heterocycles. The molecule has 0 saturated carbocycles. The van der Waals surface area contributed by atoms with E-state index in [1.807, 2.05) is 6.92 Å². The number of halogens is 1. The van der Waals surface area contributed by atoms with Crippen molar-refractivity contribution in [3.63, 3.8) is 0 Å². The summed E-state index contributed by atoms with van der Waals surface area (Å²) in [6.45, 7) is 1.82. The topological polar surface area (TPSA) is 46.2 Å². The molecule has 0 heterocycles. The summed E-state index contributed by atoms with van der Waals surface area (Å²) in [4.78, 5) is 0.676. The third-order valence-electron chi connectivity index (χ3n) is 1.43. The smallest absolute Gasteiger partial charge is 0.205 e. The van der Waals surface area contributed by atoms with Crippen molar-refractivity contribution in [3.8, 4) is 0 Å². The fraction of sp³-hybridized carbons (Fsp3) is 0.143. The van der Waals surface area contributed by atoms with Gasteiger partial charge in [0.1, 0.15) is 0 Å². The van der Waals surface area contributed by atoms with Gasteiger partial charge in [0.05, 0.1) is 4.90 Å². The highest BCUT2D eigenvalue weighted by atomic mass is 32.2. The van der Waals surface area contributed by atoms with Gasteiger partial charge in [-0.05, 0) is 24.0 Å². The molecular formula is C7H8FNO2S. The maximum Gasteiger partial charge on any atom is 0.266 e. The summed E-state index contributed by atoms with van der Waals surface area (Å²) in [5, 5.41) is 0. The summed E-state index contributed by atoms with van der Waals surface area (Å²) in [5.74, 6) is 0. The van der Waals surface area contributed by atoms with E-state index in [2.05, 4.69) is 0 Å². The summed E-state index contributed by atoms with van der Waals surface area (Å²) >= 11 is 0. The number of benzene rings is 1. The van der Waals surface area contributed by atoms with Gasteiger partial charge in [-0.25, -0.2) is 8.42 Å². The van der Waals surface area contributed by atoms with Crippen molar-refractivity contribution >= 4 is 10.0 Å². The maximum atomic E-state index is 11.7. The number of nitrogens with one attached hydrogen (secondary N) is 1. The van der Waals surface area contributed by atoms with E-state index in [0.717, 1.165) is 10.5 Å². The lowest BCUT2D eigenvalue weighted by Crippen LogP contribution is -2.14. The van der Waals surface area contributed by atoms with Gasteiger partial charge in [0.2, 0.25) is 0 Å². The zero-order chi connectivity index (χ0) is 9.19. The third-order valence-corrected chi connectivity index (χ3v) is 2.53. The second-order valence-corrected chi connectivity index (χ2v) is 4.03. The fourth-order valence-electron chi connectivity index (χ4n) is 0.762. The molecule has 12 heavy (non-hydrogen) atoms. The van der Waals surface area contributed by atoms with Crippen LogP contribution in [0.2, 0.25) is 0 Å². The van der Waals surface area contributed by atoms with Crippen molar-refractivity contribution in [2.24, 2.45) is 0 Å². The van der Waals surface area contributed by atoms with Crippen LogP contribution in [-0.4, -0.2) is 8.42 Å². The minimum Gasteiger partial charge on any atom is -0.205 e. The third kappa shape index (κ3) is 1.80. The van der Waals surface area contributed by atoms with E-state index in [4.69, 9.17) is 0 Å². The molecule has 0 amide bonds. The highest BCUT2D eigenvalue weighted by molar-refractivity contribution is 7.89. The Balaban J connectivity index is 3.14. The van der Waals surface area contributed by atoms with Gasteiger partial charge < -0.3 is 0 Å². The first-order valence-corrected chi connectivity index (χ1v) is 4.74. The molecule has 1 aromatic rings. The van der Waals surface area contributed by atoms with Gasteiger partial charge in [-0.2, -0.15) is 0 Å². The average molecular weight is 189 g/mol. The molecule has 0 bridgehead atoms. The minimum absolute atomic E-state index is 0.0735. The molecule has 1 aromatic carbocycles. The number of hydrogen-bond donors (Lipinski definition) is 1. The zero-order valence-electron chi connectivity index (χ0n) is 6.41. The van der Waals surface area contributed by atoms with Crippen LogP contribution in [0.5, 0.6) is 0 Å². The Labute approximate surface area is 70.2 Å². The van der Waals surface area contributed by atoms with Crippen molar-refractivity contribution in [1.82, 2.24) is 4.94 Å². The predicted octanol–water partition coefficient (Wildman–Crippen LogP) is 1.16. The van der Waals surface area contributed by atoms with Gasteiger partial charge in [0.15, 0.2) is 0 Å². The molecule has 1 rings (SSSR count). The average Bonchev–Trinajstić information content (AvgIpc) is 2.05. The van der Waals surface area contributed by atoms with Gasteiger partial charge in [-0.15, -0.1) is 4.48 Å². The Bertz CT molecular complexity index is 357. The quantitative estimate of drug-likeness (QED) is 0.709. The number of rotatable bonds is 2. The highest BCUT2D eigenvalue weighted by Crippen LogP contribution is 2.09. The Morgan fingerprint density at radius 2 is 1.75 bits per heavy atom. The van der Waals surface area contributed by atoms with Crippen LogP contribution in [0.4, 0.5) is 4.48 Å². The van der Waals surface area contributed by atoms with Crippen molar-refractivity contribution < 1.29 is 12.9 Å². The summed E-state index contributed by atoms with van der Waals surface area (Å²) in [6.07, 6.45) is 0. The lowest BCUT2D eigenvalue weighted by Gasteiger charge is -1.98. The van der Waals surface area contributed by atoms with Crippen molar-refractivity contribution in [2.45, 2.75) is 11.8 Å². The van der Waals surface area contributed by atoms with E-state index in [1.165, 1.54) is 12.1 Å². The molecular weight excluding hydrogens is 181 g/mol. The molecule has 0 fully saturated rings. The molecule has 66 valence electrons. The minimum atomic E-state index is -3.93. The Hall–Kier alpha value is -0.940. The first-order valence-electron chi connectivity index (χ1n) is 3.25. The monoisotopic (exact) mass is 189 g/mol. The van der Waals surface area contributed by atoms with Gasteiger partial charge in [0, 0.05) is 0 Å². The summed E-state index contributed by atoms with van der Waals surface area (Å²) in [6, 6.07) is 5.89. The van der Waals surface area contributed by atoms with Crippen LogP contribution in [-0.2, 0) is 10.0 Å². The molecule has 0 aliphatic heterocycles. The van der Waals surface area contributed by atoms with Crippen molar-refractivity contribution in [2.75, 3.05) is 0 Å². The zero-order valence-corrected chi connectivity index (χ0v) is 7.23.